The zero-order valence-electron chi connectivity index (χ0n) is 11.1. The third kappa shape index (κ3) is 2.59. The molecule has 0 radical (unpaired) electrons. The van der Waals surface area contributed by atoms with E-state index in [1.807, 2.05) is 0 Å². The lowest BCUT2D eigenvalue weighted by atomic mass is 10.3. The highest BCUT2D eigenvalue weighted by Gasteiger charge is 2.30. The van der Waals surface area contributed by atoms with E-state index in [0.717, 1.165) is 12.8 Å². The maximum Gasteiger partial charge on any atom is 0.244 e. The number of nitrogens with one attached hydrogen (secondary N) is 1. The topological polar surface area (TPSA) is 103 Å². The lowest BCUT2D eigenvalue weighted by molar-refractivity contribution is 0.349. The number of hydrogen-bond donors (Lipinski definition) is 1. The molecular weight excluding hydrogens is 282 g/mol. The van der Waals surface area contributed by atoms with Gasteiger partial charge in [-0.2, -0.15) is 14.8 Å². The third-order valence-electron chi connectivity index (χ3n) is 3.09. The van der Waals surface area contributed by atoms with Gasteiger partial charge >= 0.3 is 0 Å². The van der Waals surface area contributed by atoms with Gasteiger partial charge in [-0.25, -0.2) is 8.42 Å². The normalized spacial score (nSPS) is 17.3. The molecule has 0 aromatic carbocycles. The Bertz CT molecular complexity index is 716. The van der Waals surface area contributed by atoms with Crippen LogP contribution in [0.15, 0.2) is 21.8 Å². The molecule has 1 N–H and O–H groups in total. The Morgan fingerprint density at radius 1 is 1.50 bits per heavy atom. The first-order valence-electron chi connectivity index (χ1n) is 6.30. The van der Waals surface area contributed by atoms with Gasteiger partial charge in [0.15, 0.2) is 5.82 Å². The monoisotopic (exact) mass is 297 g/mol. The first kappa shape index (κ1) is 13.3. The van der Waals surface area contributed by atoms with Gasteiger partial charge in [0, 0.05) is 19.2 Å². The molecule has 2 heterocycles. The van der Waals surface area contributed by atoms with E-state index in [0.29, 0.717) is 11.7 Å². The molecule has 0 bridgehead atoms. The average Bonchev–Trinajstić information content (AvgIpc) is 2.93. The molecule has 1 saturated carbocycles. The van der Waals surface area contributed by atoms with Gasteiger partial charge in [0.2, 0.25) is 15.9 Å². The molecule has 0 unspecified atom stereocenters. The highest BCUT2D eigenvalue weighted by atomic mass is 32.2. The molecule has 20 heavy (non-hydrogen) atoms. The molecule has 1 aliphatic rings. The summed E-state index contributed by atoms with van der Waals surface area (Å²) in [4.78, 5) is 4.34. The lowest BCUT2D eigenvalue weighted by Gasteiger charge is -2.08. The fraction of sp³-hybridized carbons (Fsp3) is 0.545. The van der Waals surface area contributed by atoms with Crippen LogP contribution < -0.4 is 4.72 Å². The van der Waals surface area contributed by atoms with Crippen molar-refractivity contribution in [3.8, 4) is 0 Å². The summed E-state index contributed by atoms with van der Waals surface area (Å²) in [7, 11) is -1.99. The number of rotatable bonds is 5. The molecule has 0 saturated heterocycles. The molecule has 9 heteroatoms. The second-order valence-corrected chi connectivity index (χ2v) is 6.67. The number of aryl methyl sites for hydroxylation is 1. The Balaban J connectivity index is 1.75. The van der Waals surface area contributed by atoms with Crippen LogP contribution in [-0.2, 0) is 17.1 Å². The first-order valence-corrected chi connectivity index (χ1v) is 7.78. The van der Waals surface area contributed by atoms with Crippen molar-refractivity contribution in [1.29, 1.82) is 0 Å². The van der Waals surface area contributed by atoms with E-state index in [-0.39, 0.29) is 10.8 Å². The fourth-order valence-electron chi connectivity index (χ4n) is 1.82. The minimum absolute atomic E-state index is 0.105. The molecule has 0 amide bonds. The molecule has 8 nitrogen and oxygen atoms in total. The molecule has 2 aromatic heterocycles. The number of nitrogens with zero attached hydrogens (tertiary/aromatic N) is 4. The summed E-state index contributed by atoms with van der Waals surface area (Å²) in [5.41, 5.74) is 0. The Labute approximate surface area is 116 Å². The molecule has 2 aromatic rings. The molecule has 1 atom stereocenters. The van der Waals surface area contributed by atoms with Crippen molar-refractivity contribution in [1.82, 2.24) is 24.6 Å². The van der Waals surface area contributed by atoms with Gasteiger partial charge in [0.1, 0.15) is 4.90 Å². The van der Waals surface area contributed by atoms with E-state index in [4.69, 9.17) is 4.52 Å². The molecule has 3 rings (SSSR count). The smallest absolute Gasteiger partial charge is 0.244 e. The van der Waals surface area contributed by atoms with E-state index in [2.05, 4.69) is 20.0 Å². The molecule has 0 aliphatic heterocycles. The van der Waals surface area contributed by atoms with Crippen LogP contribution in [-0.4, -0.2) is 28.3 Å². The summed E-state index contributed by atoms with van der Waals surface area (Å²) in [6.07, 6.45) is 4.85. The predicted octanol–water partition coefficient (Wildman–Crippen LogP) is 0.720. The maximum absolute atomic E-state index is 12.1. The highest BCUT2D eigenvalue weighted by Crippen LogP contribution is 2.38. The summed E-state index contributed by atoms with van der Waals surface area (Å²) in [5, 5.41) is 7.71. The average molecular weight is 297 g/mol. The van der Waals surface area contributed by atoms with Crippen LogP contribution in [0.2, 0.25) is 0 Å². The van der Waals surface area contributed by atoms with E-state index in [1.54, 1.807) is 14.0 Å². The van der Waals surface area contributed by atoms with Crippen molar-refractivity contribution in [3.63, 3.8) is 0 Å². The summed E-state index contributed by atoms with van der Waals surface area (Å²) in [6, 6.07) is -0.583. The van der Waals surface area contributed by atoms with Gasteiger partial charge in [-0.1, -0.05) is 5.16 Å². The van der Waals surface area contributed by atoms with Gasteiger partial charge < -0.3 is 4.52 Å². The molecule has 0 spiro atoms. The minimum Gasteiger partial charge on any atom is -0.338 e. The van der Waals surface area contributed by atoms with Crippen molar-refractivity contribution in [2.75, 3.05) is 0 Å². The Morgan fingerprint density at radius 2 is 2.25 bits per heavy atom. The largest absolute Gasteiger partial charge is 0.338 e. The molecule has 1 fully saturated rings. The van der Waals surface area contributed by atoms with E-state index in [1.165, 1.54) is 17.1 Å². The van der Waals surface area contributed by atoms with Crippen LogP contribution >= 0.6 is 0 Å². The standard InChI is InChI=1S/C11H15N5O3S/c1-7(11-13-10(14-19-11)8-3-4-8)15-20(17,18)9-5-12-16(2)6-9/h5-8,15H,3-4H2,1-2H3/t7-/m0/s1. The van der Waals surface area contributed by atoms with E-state index >= 15 is 0 Å². The first-order chi connectivity index (χ1) is 9.45. The summed E-state index contributed by atoms with van der Waals surface area (Å²) in [5.74, 6) is 1.31. The van der Waals surface area contributed by atoms with Crippen molar-refractivity contribution in [2.24, 2.45) is 7.05 Å². The van der Waals surface area contributed by atoms with Crippen molar-refractivity contribution >= 4 is 10.0 Å². The van der Waals surface area contributed by atoms with Crippen LogP contribution in [0.3, 0.4) is 0 Å². The number of aromatic nitrogens is 4. The van der Waals surface area contributed by atoms with Gasteiger partial charge in [-0.3, -0.25) is 4.68 Å². The lowest BCUT2D eigenvalue weighted by Crippen LogP contribution is -2.26. The molecule has 108 valence electrons. The summed E-state index contributed by atoms with van der Waals surface area (Å²) in [6.45, 7) is 1.66. The quantitative estimate of drug-likeness (QED) is 0.872. The van der Waals surface area contributed by atoms with E-state index in [9.17, 15) is 8.42 Å². The zero-order chi connectivity index (χ0) is 14.3. The summed E-state index contributed by atoms with van der Waals surface area (Å²) >= 11 is 0. The van der Waals surface area contributed by atoms with Gasteiger partial charge in [-0.05, 0) is 19.8 Å². The number of sulfonamides is 1. The van der Waals surface area contributed by atoms with Gasteiger partial charge in [0.05, 0.1) is 12.2 Å². The van der Waals surface area contributed by atoms with Crippen LogP contribution in [0, 0.1) is 0 Å². The second kappa shape index (κ2) is 4.67. The van der Waals surface area contributed by atoms with Crippen LogP contribution in [0.25, 0.3) is 0 Å². The minimum atomic E-state index is -3.64. The van der Waals surface area contributed by atoms with Gasteiger partial charge in [0.25, 0.3) is 0 Å². The highest BCUT2D eigenvalue weighted by molar-refractivity contribution is 7.89. The summed E-state index contributed by atoms with van der Waals surface area (Å²) < 4.78 is 33.3. The molecular formula is C11H15N5O3S. The SMILES string of the molecule is C[C@H](NS(=O)(=O)c1cnn(C)c1)c1nc(C2CC2)no1. The van der Waals surface area contributed by atoms with Crippen LogP contribution in [0.5, 0.6) is 0 Å². The van der Waals surface area contributed by atoms with Crippen LogP contribution in [0.4, 0.5) is 0 Å². The van der Waals surface area contributed by atoms with Crippen molar-refractivity contribution < 1.29 is 12.9 Å². The predicted molar refractivity (Wildman–Crippen MR) is 68.2 cm³/mol. The third-order valence-corrected chi connectivity index (χ3v) is 4.59. The maximum atomic E-state index is 12.1. The van der Waals surface area contributed by atoms with Crippen molar-refractivity contribution in [2.45, 2.75) is 36.6 Å². The number of hydrogen-bond acceptors (Lipinski definition) is 6. The Kier molecular flexibility index (Phi) is 3.09. The van der Waals surface area contributed by atoms with Crippen LogP contribution in [0.1, 0.15) is 43.4 Å². The fourth-order valence-corrected chi connectivity index (χ4v) is 3.00. The Hall–Kier alpha value is -1.74. The van der Waals surface area contributed by atoms with E-state index < -0.39 is 16.1 Å². The Morgan fingerprint density at radius 3 is 2.85 bits per heavy atom. The van der Waals surface area contributed by atoms with Crippen molar-refractivity contribution in [3.05, 3.63) is 24.1 Å². The second-order valence-electron chi connectivity index (χ2n) is 4.96. The zero-order valence-corrected chi connectivity index (χ0v) is 12.0. The molecule has 1 aliphatic carbocycles. The van der Waals surface area contributed by atoms with Gasteiger partial charge in [-0.15, -0.1) is 0 Å².